The number of piperidine rings is 1. The molecule has 0 saturated carbocycles. The lowest BCUT2D eigenvalue weighted by atomic mass is 10.1. The third kappa shape index (κ3) is 8.64. The summed E-state index contributed by atoms with van der Waals surface area (Å²) in [6, 6.07) is 21.0. The van der Waals surface area contributed by atoms with Crippen LogP contribution in [-0.2, 0) is 19.6 Å². The number of rotatable bonds is 15. The highest BCUT2D eigenvalue weighted by atomic mass is 32.2. The van der Waals surface area contributed by atoms with Gasteiger partial charge in [-0.3, -0.25) is 28.9 Å². The van der Waals surface area contributed by atoms with Crippen molar-refractivity contribution >= 4 is 56.3 Å². The van der Waals surface area contributed by atoms with E-state index in [9.17, 15) is 22.8 Å². The molecule has 3 aliphatic heterocycles. The average Bonchev–Trinajstić information content (AvgIpc) is 3.76. The first-order valence-electron chi connectivity index (χ1n) is 19.4. The van der Waals surface area contributed by atoms with Crippen LogP contribution in [-0.4, -0.2) is 129 Å². The average molecular weight is 824 g/mol. The van der Waals surface area contributed by atoms with Gasteiger partial charge < -0.3 is 29.7 Å². The minimum absolute atomic E-state index is 0.197. The standard InChI is InChI=1S/C41H45N9O8S/c1-56-36-25-29(11-13-32(36)44-41-43-26-30-12-14-33(50(30)45-41)27-6-3-7-28(24-27)46-59(2,54)55)48-18-16-47(17-19-48)20-21-57-22-23-58-35-10-4-8-31-37(35)40(53)49(39(31)52)34-9-5-15-42-38(34)51/h3-4,6-8,10-14,24-26,34,46H,5,9,15-23H2,1-2H3,(H,42,51)(H,44,45). The summed E-state index contributed by atoms with van der Waals surface area (Å²) in [6.07, 6.45) is 3.97. The highest BCUT2D eigenvalue weighted by molar-refractivity contribution is 7.92. The van der Waals surface area contributed by atoms with Gasteiger partial charge in [0.05, 0.1) is 60.8 Å². The van der Waals surface area contributed by atoms with Gasteiger partial charge in [0, 0.05) is 62.3 Å². The second-order valence-electron chi connectivity index (χ2n) is 14.5. The molecule has 308 valence electrons. The number of piperazine rings is 1. The summed E-state index contributed by atoms with van der Waals surface area (Å²) in [5.74, 6) is 0.0332. The molecule has 0 radical (unpaired) electrons. The van der Waals surface area contributed by atoms with E-state index in [0.717, 1.165) is 66.3 Å². The van der Waals surface area contributed by atoms with Gasteiger partial charge in [-0.2, -0.15) is 0 Å². The lowest BCUT2D eigenvalue weighted by Gasteiger charge is -2.36. The van der Waals surface area contributed by atoms with Crippen molar-refractivity contribution in [1.29, 1.82) is 0 Å². The van der Waals surface area contributed by atoms with Gasteiger partial charge >= 0.3 is 0 Å². The molecule has 3 N–H and O–H groups in total. The molecule has 2 saturated heterocycles. The molecule has 5 heterocycles. The van der Waals surface area contributed by atoms with Gasteiger partial charge in [-0.15, -0.1) is 5.10 Å². The van der Waals surface area contributed by atoms with Crippen LogP contribution in [0.1, 0.15) is 33.6 Å². The topological polar surface area (TPSA) is 189 Å². The number of aromatic nitrogens is 3. The third-order valence-corrected chi connectivity index (χ3v) is 11.1. The Morgan fingerprint density at radius 3 is 2.53 bits per heavy atom. The minimum Gasteiger partial charge on any atom is -0.494 e. The van der Waals surface area contributed by atoms with Crippen molar-refractivity contribution in [3.63, 3.8) is 0 Å². The van der Waals surface area contributed by atoms with Crippen LogP contribution in [0.25, 0.3) is 16.8 Å². The van der Waals surface area contributed by atoms with E-state index in [0.29, 0.717) is 61.4 Å². The molecule has 17 nitrogen and oxygen atoms in total. The van der Waals surface area contributed by atoms with E-state index in [4.69, 9.17) is 19.3 Å². The van der Waals surface area contributed by atoms with Crippen LogP contribution >= 0.6 is 0 Å². The molecule has 3 aromatic carbocycles. The van der Waals surface area contributed by atoms with Gasteiger partial charge in [-0.1, -0.05) is 18.2 Å². The number of amides is 3. The number of anilines is 4. The fraction of sp³-hybridized carbons (Fsp3) is 0.341. The first-order chi connectivity index (χ1) is 28.6. The quantitative estimate of drug-likeness (QED) is 0.103. The number of benzene rings is 3. The van der Waals surface area contributed by atoms with Crippen molar-refractivity contribution < 1.29 is 37.0 Å². The monoisotopic (exact) mass is 823 g/mol. The SMILES string of the molecule is COc1cc(N2CCN(CCOCCOc3cccc4c3C(=O)N(C3CCCNC3=O)C4=O)CC2)ccc1Nc1ncc2ccc(-c3cccc(NS(C)(=O)=O)c3)n2n1. The van der Waals surface area contributed by atoms with Crippen molar-refractivity contribution in [1.82, 2.24) is 29.7 Å². The molecule has 0 spiro atoms. The Hall–Kier alpha value is -6.24. The molecule has 1 unspecified atom stereocenters. The molecule has 0 aliphatic carbocycles. The largest absolute Gasteiger partial charge is 0.494 e. The molecule has 18 heteroatoms. The van der Waals surface area contributed by atoms with Gasteiger partial charge in [-0.25, -0.2) is 17.9 Å². The number of carbonyl (C=O) groups excluding carboxylic acids is 3. The fourth-order valence-corrected chi connectivity index (χ4v) is 8.20. The highest BCUT2D eigenvalue weighted by Crippen LogP contribution is 2.35. The number of ether oxygens (including phenoxy) is 3. The molecule has 5 aromatic rings. The minimum atomic E-state index is -3.43. The van der Waals surface area contributed by atoms with Crippen molar-refractivity contribution in [2.75, 3.05) is 87.4 Å². The molecular formula is C41H45N9O8S. The fourth-order valence-electron chi connectivity index (χ4n) is 7.65. The zero-order valence-electron chi connectivity index (χ0n) is 32.7. The van der Waals surface area contributed by atoms with E-state index in [1.54, 1.807) is 54.2 Å². The summed E-state index contributed by atoms with van der Waals surface area (Å²) in [6.45, 7) is 5.66. The Balaban J connectivity index is 0.806. The maximum Gasteiger partial charge on any atom is 0.266 e. The van der Waals surface area contributed by atoms with Crippen LogP contribution in [0.2, 0.25) is 0 Å². The van der Waals surface area contributed by atoms with Gasteiger partial charge in [0.25, 0.3) is 11.8 Å². The Morgan fingerprint density at radius 1 is 0.898 bits per heavy atom. The van der Waals surface area contributed by atoms with Crippen LogP contribution in [0, 0.1) is 0 Å². The molecule has 2 fully saturated rings. The third-order valence-electron chi connectivity index (χ3n) is 10.5. The normalized spacial score (nSPS) is 17.3. The van der Waals surface area contributed by atoms with E-state index in [2.05, 4.69) is 30.1 Å². The Bertz CT molecular complexity index is 2500. The molecular weight excluding hydrogens is 779 g/mol. The zero-order valence-corrected chi connectivity index (χ0v) is 33.5. The van der Waals surface area contributed by atoms with Crippen molar-refractivity contribution in [2.24, 2.45) is 0 Å². The number of nitrogens with one attached hydrogen (secondary N) is 3. The van der Waals surface area contributed by atoms with E-state index < -0.39 is 27.9 Å². The zero-order chi connectivity index (χ0) is 41.1. The number of fused-ring (bicyclic) bond motifs is 2. The number of nitrogens with zero attached hydrogens (tertiary/aromatic N) is 6. The number of hydrogen-bond acceptors (Lipinski definition) is 13. The molecule has 2 aromatic heterocycles. The van der Waals surface area contributed by atoms with Crippen LogP contribution < -0.4 is 29.7 Å². The predicted octanol–water partition coefficient (Wildman–Crippen LogP) is 3.61. The van der Waals surface area contributed by atoms with Crippen LogP contribution in [0.3, 0.4) is 0 Å². The first kappa shape index (κ1) is 39.6. The van der Waals surface area contributed by atoms with Gasteiger partial charge in [0.1, 0.15) is 24.1 Å². The second kappa shape index (κ2) is 16.9. The highest BCUT2D eigenvalue weighted by Gasteiger charge is 2.45. The lowest BCUT2D eigenvalue weighted by molar-refractivity contribution is -0.126. The molecule has 3 amide bonds. The van der Waals surface area contributed by atoms with Crippen LogP contribution in [0.4, 0.5) is 23.0 Å². The van der Waals surface area contributed by atoms with E-state index in [1.165, 1.54) is 0 Å². The molecule has 8 rings (SSSR count). The number of sulfonamides is 1. The van der Waals surface area contributed by atoms with Crippen molar-refractivity contribution in [3.8, 4) is 22.8 Å². The number of hydrogen-bond donors (Lipinski definition) is 3. The summed E-state index contributed by atoms with van der Waals surface area (Å²) in [5.41, 5.74) is 4.98. The van der Waals surface area contributed by atoms with E-state index in [1.807, 2.05) is 36.4 Å². The maximum atomic E-state index is 13.3. The Morgan fingerprint density at radius 2 is 1.73 bits per heavy atom. The van der Waals surface area contributed by atoms with E-state index in [-0.39, 0.29) is 23.6 Å². The predicted molar refractivity (Wildman–Crippen MR) is 221 cm³/mol. The molecule has 59 heavy (non-hydrogen) atoms. The van der Waals surface area contributed by atoms with Gasteiger partial charge in [0.2, 0.25) is 21.9 Å². The van der Waals surface area contributed by atoms with Gasteiger partial charge in [-0.05, 0) is 61.4 Å². The maximum absolute atomic E-state index is 13.3. The second-order valence-corrected chi connectivity index (χ2v) is 16.2. The molecule has 1 atom stereocenters. The Kier molecular flexibility index (Phi) is 11.4. The summed E-state index contributed by atoms with van der Waals surface area (Å²) < 4.78 is 45.4. The first-order valence-corrected chi connectivity index (χ1v) is 21.3. The van der Waals surface area contributed by atoms with Crippen LogP contribution in [0.15, 0.2) is 79.0 Å². The number of imide groups is 1. The lowest BCUT2D eigenvalue weighted by Crippen LogP contribution is -2.52. The Labute approximate surface area is 341 Å². The smallest absolute Gasteiger partial charge is 0.266 e. The number of methoxy groups -OCH3 is 1. The van der Waals surface area contributed by atoms with Crippen molar-refractivity contribution in [2.45, 2.75) is 18.9 Å². The van der Waals surface area contributed by atoms with Crippen molar-refractivity contribution in [3.05, 3.63) is 90.1 Å². The number of carbonyl (C=O) groups is 3. The van der Waals surface area contributed by atoms with E-state index >= 15 is 0 Å². The summed E-state index contributed by atoms with van der Waals surface area (Å²) in [5, 5.41) is 10.8. The summed E-state index contributed by atoms with van der Waals surface area (Å²) in [7, 11) is -1.80. The van der Waals surface area contributed by atoms with Gasteiger partial charge in [0.15, 0.2) is 0 Å². The molecule has 3 aliphatic rings. The summed E-state index contributed by atoms with van der Waals surface area (Å²) >= 11 is 0. The molecule has 0 bridgehead atoms. The summed E-state index contributed by atoms with van der Waals surface area (Å²) in [4.78, 5) is 49.0. The van der Waals surface area contributed by atoms with Crippen LogP contribution in [0.5, 0.6) is 11.5 Å².